The number of nitrogens with one attached hydrogen (secondary N) is 1. The van der Waals surface area contributed by atoms with Gasteiger partial charge in [0.15, 0.2) is 0 Å². The second kappa shape index (κ2) is 7.16. The topological polar surface area (TPSA) is 32.3 Å². The van der Waals surface area contributed by atoms with Gasteiger partial charge in [-0.25, -0.2) is 0 Å². The highest BCUT2D eigenvalue weighted by molar-refractivity contribution is 7.10. The summed E-state index contributed by atoms with van der Waals surface area (Å²) in [6.45, 7) is 3.07. The fraction of sp³-hybridized carbons (Fsp3) is 0.353. The van der Waals surface area contributed by atoms with Gasteiger partial charge in [-0.15, -0.1) is 23.7 Å². The van der Waals surface area contributed by atoms with Crippen molar-refractivity contribution in [3.05, 3.63) is 51.7 Å². The smallest absolute Gasteiger partial charge is 0.254 e. The number of amides is 1. The molecule has 3 rings (SSSR count). The maximum atomic E-state index is 12.9. The molecule has 0 bridgehead atoms. The van der Waals surface area contributed by atoms with Gasteiger partial charge in [0, 0.05) is 29.7 Å². The lowest BCUT2D eigenvalue weighted by Gasteiger charge is -2.27. The van der Waals surface area contributed by atoms with Crippen molar-refractivity contribution >= 4 is 35.3 Å². The van der Waals surface area contributed by atoms with Crippen LogP contribution in [0.25, 0.3) is 0 Å². The predicted molar refractivity (Wildman–Crippen MR) is 95.3 cm³/mol. The lowest BCUT2D eigenvalue weighted by molar-refractivity contribution is 0.0744. The number of hydrogen-bond acceptors (Lipinski definition) is 3. The van der Waals surface area contributed by atoms with Crippen molar-refractivity contribution in [2.75, 3.05) is 18.9 Å². The Morgan fingerprint density at radius 3 is 2.86 bits per heavy atom. The minimum Gasteiger partial charge on any atom is -0.385 e. The minimum absolute atomic E-state index is 0. The van der Waals surface area contributed by atoms with Gasteiger partial charge >= 0.3 is 0 Å². The summed E-state index contributed by atoms with van der Waals surface area (Å²) in [5.41, 5.74) is 3.12. The molecule has 1 unspecified atom stereocenters. The number of anilines is 1. The minimum atomic E-state index is 0. The summed E-state index contributed by atoms with van der Waals surface area (Å²) < 4.78 is 0. The molecule has 0 spiro atoms. The fourth-order valence-corrected chi connectivity index (χ4v) is 3.62. The van der Waals surface area contributed by atoms with Gasteiger partial charge in [-0.3, -0.25) is 4.79 Å². The van der Waals surface area contributed by atoms with Crippen LogP contribution in [0.5, 0.6) is 0 Å². The van der Waals surface area contributed by atoms with E-state index in [1.54, 1.807) is 11.3 Å². The molecule has 1 N–H and O–H groups in total. The number of halogens is 1. The molecular formula is C17H21ClN2OS. The van der Waals surface area contributed by atoms with Crippen molar-refractivity contribution in [2.24, 2.45) is 0 Å². The molecule has 2 aromatic rings. The second-order valence-corrected chi connectivity index (χ2v) is 6.45. The largest absolute Gasteiger partial charge is 0.385 e. The van der Waals surface area contributed by atoms with Gasteiger partial charge in [0.25, 0.3) is 5.91 Å². The zero-order chi connectivity index (χ0) is 14.8. The Bertz CT molecular complexity index is 642. The summed E-state index contributed by atoms with van der Waals surface area (Å²) in [6, 6.07) is 10.2. The van der Waals surface area contributed by atoms with Crippen LogP contribution >= 0.6 is 23.7 Å². The first kappa shape index (κ1) is 16.8. The third-order valence-corrected chi connectivity index (χ3v) is 5.22. The molecule has 0 saturated heterocycles. The average molecular weight is 337 g/mol. The van der Waals surface area contributed by atoms with Crippen LogP contribution in [0.3, 0.4) is 0 Å². The molecule has 22 heavy (non-hydrogen) atoms. The van der Waals surface area contributed by atoms with Crippen molar-refractivity contribution in [3.8, 4) is 0 Å². The van der Waals surface area contributed by atoms with E-state index in [1.807, 2.05) is 30.1 Å². The van der Waals surface area contributed by atoms with Crippen molar-refractivity contribution in [1.82, 2.24) is 4.90 Å². The molecule has 1 atom stereocenters. The Morgan fingerprint density at radius 1 is 1.32 bits per heavy atom. The van der Waals surface area contributed by atoms with E-state index in [-0.39, 0.29) is 24.4 Å². The van der Waals surface area contributed by atoms with E-state index in [1.165, 1.54) is 10.4 Å². The normalized spacial score (nSPS) is 14.3. The van der Waals surface area contributed by atoms with Gasteiger partial charge in [0.2, 0.25) is 0 Å². The highest BCUT2D eigenvalue weighted by Gasteiger charge is 2.23. The maximum Gasteiger partial charge on any atom is 0.254 e. The lowest BCUT2D eigenvalue weighted by Crippen LogP contribution is -2.30. The maximum absolute atomic E-state index is 12.9. The Morgan fingerprint density at radius 2 is 2.14 bits per heavy atom. The summed E-state index contributed by atoms with van der Waals surface area (Å²) >= 11 is 1.69. The van der Waals surface area contributed by atoms with Gasteiger partial charge in [-0.05, 0) is 48.9 Å². The van der Waals surface area contributed by atoms with Crippen LogP contribution in [0.2, 0.25) is 0 Å². The number of nitrogens with zero attached hydrogens (tertiary/aromatic N) is 1. The Balaban J connectivity index is 0.00000176. The molecule has 1 aromatic heterocycles. The fourth-order valence-electron chi connectivity index (χ4n) is 2.80. The van der Waals surface area contributed by atoms with E-state index < -0.39 is 0 Å². The average Bonchev–Trinajstić information content (AvgIpc) is 3.06. The summed E-state index contributed by atoms with van der Waals surface area (Å²) in [4.78, 5) is 15.9. The SMILES string of the molecule is CC(c1cccs1)N(C)C(=O)c1cccc2c1CCCN2.Cl. The number of rotatable bonds is 3. The summed E-state index contributed by atoms with van der Waals surface area (Å²) in [6.07, 6.45) is 2.06. The number of hydrogen-bond donors (Lipinski definition) is 1. The number of fused-ring (bicyclic) bond motifs is 1. The molecule has 2 heterocycles. The van der Waals surface area contributed by atoms with Crippen LogP contribution in [0.4, 0.5) is 5.69 Å². The number of benzene rings is 1. The number of carbonyl (C=O) groups excluding carboxylic acids is 1. The number of carbonyl (C=O) groups is 1. The second-order valence-electron chi connectivity index (χ2n) is 5.47. The Labute approximate surface area is 141 Å². The highest BCUT2D eigenvalue weighted by atomic mass is 35.5. The third kappa shape index (κ3) is 3.13. The van der Waals surface area contributed by atoms with E-state index in [4.69, 9.17) is 0 Å². The monoisotopic (exact) mass is 336 g/mol. The molecule has 118 valence electrons. The van der Waals surface area contributed by atoms with Crippen molar-refractivity contribution in [3.63, 3.8) is 0 Å². The van der Waals surface area contributed by atoms with E-state index in [0.29, 0.717) is 0 Å². The third-order valence-electron chi connectivity index (χ3n) is 4.18. The lowest BCUT2D eigenvalue weighted by atomic mass is 9.96. The van der Waals surface area contributed by atoms with Gasteiger partial charge < -0.3 is 10.2 Å². The van der Waals surface area contributed by atoms with Gasteiger partial charge in [-0.2, -0.15) is 0 Å². The van der Waals surface area contributed by atoms with Crippen LogP contribution in [-0.2, 0) is 6.42 Å². The zero-order valence-corrected chi connectivity index (χ0v) is 14.5. The first-order chi connectivity index (χ1) is 10.2. The molecule has 0 aliphatic carbocycles. The Hall–Kier alpha value is -1.52. The van der Waals surface area contributed by atoms with Crippen LogP contribution in [0.15, 0.2) is 35.7 Å². The van der Waals surface area contributed by atoms with E-state index in [0.717, 1.165) is 30.6 Å². The highest BCUT2D eigenvalue weighted by Crippen LogP contribution is 2.29. The zero-order valence-electron chi connectivity index (χ0n) is 12.8. The van der Waals surface area contributed by atoms with Crippen molar-refractivity contribution in [1.29, 1.82) is 0 Å². The molecule has 1 aromatic carbocycles. The molecule has 1 aliphatic rings. The van der Waals surface area contributed by atoms with Gasteiger partial charge in [-0.1, -0.05) is 12.1 Å². The van der Waals surface area contributed by atoms with Crippen LogP contribution < -0.4 is 5.32 Å². The molecule has 0 saturated carbocycles. The quantitative estimate of drug-likeness (QED) is 0.903. The summed E-state index contributed by atoms with van der Waals surface area (Å²) in [7, 11) is 1.89. The molecule has 0 radical (unpaired) electrons. The van der Waals surface area contributed by atoms with E-state index >= 15 is 0 Å². The molecular weight excluding hydrogens is 316 g/mol. The summed E-state index contributed by atoms with van der Waals surface area (Å²) in [5, 5.41) is 5.44. The van der Waals surface area contributed by atoms with Gasteiger partial charge in [0.05, 0.1) is 6.04 Å². The van der Waals surface area contributed by atoms with Crippen molar-refractivity contribution < 1.29 is 4.79 Å². The molecule has 1 amide bonds. The first-order valence-corrected chi connectivity index (χ1v) is 8.23. The standard InChI is InChI=1S/C17H20N2OS.ClH/c1-12(16-9-5-11-21-16)19(2)17(20)14-6-3-8-15-13(14)7-4-10-18-15;/h3,5-6,8-9,11-12,18H,4,7,10H2,1-2H3;1H. The van der Waals surface area contributed by atoms with Crippen LogP contribution in [0, 0.1) is 0 Å². The first-order valence-electron chi connectivity index (χ1n) is 7.35. The summed E-state index contributed by atoms with van der Waals surface area (Å²) in [5.74, 6) is 0.108. The van der Waals surface area contributed by atoms with Crippen LogP contribution in [-0.4, -0.2) is 24.4 Å². The van der Waals surface area contributed by atoms with E-state index in [9.17, 15) is 4.79 Å². The Kier molecular flexibility index (Phi) is 5.48. The molecule has 0 fully saturated rings. The molecule has 1 aliphatic heterocycles. The van der Waals surface area contributed by atoms with Crippen molar-refractivity contribution in [2.45, 2.75) is 25.8 Å². The predicted octanol–water partition coefficient (Wildman–Crippen LogP) is 4.36. The van der Waals surface area contributed by atoms with Gasteiger partial charge in [0.1, 0.15) is 0 Å². The van der Waals surface area contributed by atoms with Crippen LogP contribution in [0.1, 0.15) is 40.2 Å². The molecule has 3 nitrogen and oxygen atoms in total. The number of thiophene rings is 1. The van der Waals surface area contributed by atoms with E-state index in [2.05, 4.69) is 29.8 Å². The molecule has 5 heteroatoms.